The van der Waals surface area contributed by atoms with Gasteiger partial charge in [0.2, 0.25) is 5.91 Å². The van der Waals surface area contributed by atoms with Crippen LogP contribution in [0.15, 0.2) is 42.5 Å². The van der Waals surface area contributed by atoms with E-state index in [2.05, 4.69) is 47.9 Å². The Balaban J connectivity index is 1.65. The van der Waals surface area contributed by atoms with Crippen LogP contribution in [0.4, 0.5) is 0 Å². The molecule has 0 radical (unpaired) electrons. The Morgan fingerprint density at radius 3 is 2.52 bits per heavy atom. The van der Waals surface area contributed by atoms with Gasteiger partial charge >= 0.3 is 0 Å². The van der Waals surface area contributed by atoms with E-state index >= 15 is 0 Å². The highest BCUT2D eigenvalue weighted by molar-refractivity contribution is 6.42. The number of benzene rings is 2. The fourth-order valence-electron chi connectivity index (χ4n) is 4.79. The molecule has 1 fully saturated rings. The number of likely N-dealkylation sites (tertiary alicyclic amines) is 1. The van der Waals surface area contributed by atoms with Crippen molar-refractivity contribution in [2.45, 2.75) is 44.6 Å². The lowest BCUT2D eigenvalue weighted by Gasteiger charge is -2.46. The molecule has 0 bridgehead atoms. The number of rotatable bonds is 4. The zero-order chi connectivity index (χ0) is 20.6. The lowest BCUT2D eigenvalue weighted by atomic mass is 9.75. The van der Waals surface area contributed by atoms with Crippen LogP contribution < -0.4 is 0 Å². The Labute approximate surface area is 183 Å². The Bertz CT molecular complexity index is 906. The van der Waals surface area contributed by atoms with E-state index < -0.39 is 0 Å². The average molecular weight is 431 g/mol. The number of nitrogens with zero attached hydrogens (tertiary/aromatic N) is 2. The van der Waals surface area contributed by atoms with E-state index in [1.54, 1.807) is 12.1 Å². The van der Waals surface area contributed by atoms with E-state index in [0.29, 0.717) is 16.5 Å². The van der Waals surface area contributed by atoms with Crippen LogP contribution in [0.25, 0.3) is 0 Å². The van der Waals surface area contributed by atoms with Crippen LogP contribution >= 0.6 is 23.2 Å². The van der Waals surface area contributed by atoms with Crippen LogP contribution in [-0.2, 0) is 16.6 Å². The number of carbonyl (C=O) groups is 1. The molecule has 0 aromatic heterocycles. The van der Waals surface area contributed by atoms with Crippen LogP contribution in [0.3, 0.4) is 0 Å². The van der Waals surface area contributed by atoms with Gasteiger partial charge in [-0.1, -0.05) is 67.4 Å². The largest absolute Gasteiger partial charge is 0.333 e. The van der Waals surface area contributed by atoms with Crippen molar-refractivity contribution in [1.82, 2.24) is 9.80 Å². The molecule has 0 aliphatic carbocycles. The number of fused-ring (bicyclic) bond motifs is 1. The monoisotopic (exact) mass is 430 g/mol. The molecule has 0 N–H and O–H groups in total. The van der Waals surface area contributed by atoms with Gasteiger partial charge < -0.3 is 9.80 Å². The molecule has 1 unspecified atom stereocenters. The molecule has 4 rings (SSSR count). The molecule has 5 heteroatoms. The minimum absolute atomic E-state index is 0.0780. The number of carbonyl (C=O) groups excluding carboxylic acids is 1. The molecule has 2 aliphatic heterocycles. The highest BCUT2D eigenvalue weighted by atomic mass is 35.5. The molecular weight excluding hydrogens is 403 g/mol. The summed E-state index contributed by atoms with van der Waals surface area (Å²) in [5.74, 6) is 0.148. The first-order valence-electron chi connectivity index (χ1n) is 10.4. The lowest BCUT2D eigenvalue weighted by Crippen LogP contribution is -2.51. The van der Waals surface area contributed by atoms with Gasteiger partial charge in [-0.15, -0.1) is 0 Å². The number of hydrogen-bond donors (Lipinski definition) is 0. The van der Waals surface area contributed by atoms with Crippen LogP contribution in [0.5, 0.6) is 0 Å². The van der Waals surface area contributed by atoms with E-state index in [9.17, 15) is 4.79 Å². The summed E-state index contributed by atoms with van der Waals surface area (Å²) in [6.45, 7) is 8.34. The second kappa shape index (κ2) is 8.29. The first-order valence-corrected chi connectivity index (χ1v) is 11.2. The summed E-state index contributed by atoms with van der Waals surface area (Å²) < 4.78 is 0. The predicted molar refractivity (Wildman–Crippen MR) is 120 cm³/mol. The standard InChI is InChI=1S/C24H28Cl2N2O/c1-24(2)16-28(23(29)14-17-9-10-20(25)21(26)13-17)22(15-27-11-5-6-12-27)18-7-3-4-8-19(18)24/h3-4,7-10,13,22H,5-6,11-12,14-16H2,1-2H3. The summed E-state index contributed by atoms with van der Waals surface area (Å²) in [5.41, 5.74) is 3.48. The molecule has 1 amide bonds. The van der Waals surface area contributed by atoms with Crippen molar-refractivity contribution in [3.63, 3.8) is 0 Å². The van der Waals surface area contributed by atoms with Gasteiger partial charge in [0.05, 0.1) is 22.5 Å². The van der Waals surface area contributed by atoms with Crippen LogP contribution in [-0.4, -0.2) is 41.9 Å². The zero-order valence-electron chi connectivity index (χ0n) is 17.1. The number of amides is 1. The molecule has 154 valence electrons. The van der Waals surface area contributed by atoms with E-state index in [4.69, 9.17) is 23.2 Å². The van der Waals surface area contributed by atoms with Gasteiger partial charge in [0.1, 0.15) is 0 Å². The van der Waals surface area contributed by atoms with Gasteiger partial charge in [-0.25, -0.2) is 0 Å². The molecule has 29 heavy (non-hydrogen) atoms. The normalized spacial score (nSPS) is 21.2. The topological polar surface area (TPSA) is 23.6 Å². The first-order chi connectivity index (χ1) is 13.8. The maximum atomic E-state index is 13.5. The number of hydrogen-bond acceptors (Lipinski definition) is 2. The minimum Gasteiger partial charge on any atom is -0.333 e. The smallest absolute Gasteiger partial charge is 0.227 e. The van der Waals surface area contributed by atoms with Gasteiger partial charge in [-0.2, -0.15) is 0 Å². The third kappa shape index (κ3) is 4.33. The van der Waals surface area contributed by atoms with Crippen LogP contribution in [0.2, 0.25) is 10.0 Å². The average Bonchev–Trinajstić information content (AvgIpc) is 3.20. The summed E-state index contributed by atoms with van der Waals surface area (Å²) >= 11 is 12.2. The summed E-state index contributed by atoms with van der Waals surface area (Å²) in [4.78, 5) is 18.1. The highest BCUT2D eigenvalue weighted by Crippen LogP contribution is 2.40. The number of halogens is 2. The summed E-state index contributed by atoms with van der Waals surface area (Å²) in [7, 11) is 0. The van der Waals surface area contributed by atoms with Gasteiger partial charge in [-0.05, 0) is 54.8 Å². The Morgan fingerprint density at radius 2 is 1.79 bits per heavy atom. The Morgan fingerprint density at radius 1 is 1.07 bits per heavy atom. The molecule has 0 spiro atoms. The highest BCUT2D eigenvalue weighted by Gasteiger charge is 2.40. The van der Waals surface area contributed by atoms with Crippen molar-refractivity contribution < 1.29 is 4.79 Å². The molecule has 0 saturated carbocycles. The van der Waals surface area contributed by atoms with Crippen molar-refractivity contribution in [2.75, 3.05) is 26.2 Å². The second-order valence-corrected chi connectivity index (χ2v) is 9.76. The SMILES string of the molecule is CC1(C)CN(C(=O)Cc2ccc(Cl)c(Cl)c2)C(CN2CCCC2)c2ccccc21. The Kier molecular flexibility index (Phi) is 5.92. The minimum atomic E-state index is -0.0780. The van der Waals surface area contributed by atoms with Crippen molar-refractivity contribution in [2.24, 2.45) is 0 Å². The zero-order valence-corrected chi connectivity index (χ0v) is 18.6. The van der Waals surface area contributed by atoms with Gasteiger partial charge in [0.25, 0.3) is 0 Å². The molecule has 2 heterocycles. The van der Waals surface area contributed by atoms with Crippen LogP contribution in [0, 0.1) is 0 Å². The summed E-state index contributed by atoms with van der Waals surface area (Å²) in [6, 6.07) is 14.2. The molecule has 2 aromatic carbocycles. The van der Waals surface area contributed by atoms with E-state index in [0.717, 1.165) is 31.7 Å². The third-order valence-electron chi connectivity index (χ3n) is 6.28. The van der Waals surface area contributed by atoms with Gasteiger partial charge in [-0.3, -0.25) is 4.79 Å². The van der Waals surface area contributed by atoms with E-state index in [-0.39, 0.29) is 17.4 Å². The molecule has 3 nitrogen and oxygen atoms in total. The Hall–Kier alpha value is -1.55. The van der Waals surface area contributed by atoms with E-state index in [1.165, 1.54) is 24.0 Å². The van der Waals surface area contributed by atoms with Crippen molar-refractivity contribution >= 4 is 29.1 Å². The molecule has 2 aromatic rings. The first kappa shape index (κ1) is 20.7. The van der Waals surface area contributed by atoms with Crippen molar-refractivity contribution in [3.8, 4) is 0 Å². The molecular formula is C24H28Cl2N2O. The quantitative estimate of drug-likeness (QED) is 0.639. The summed E-state index contributed by atoms with van der Waals surface area (Å²) in [5, 5.41) is 1.01. The maximum absolute atomic E-state index is 13.5. The fourth-order valence-corrected chi connectivity index (χ4v) is 5.11. The second-order valence-electron chi connectivity index (χ2n) is 8.94. The lowest BCUT2D eigenvalue weighted by molar-refractivity contribution is -0.135. The third-order valence-corrected chi connectivity index (χ3v) is 7.02. The summed E-state index contributed by atoms with van der Waals surface area (Å²) in [6.07, 6.45) is 2.83. The fraction of sp³-hybridized carbons (Fsp3) is 0.458. The predicted octanol–water partition coefficient (Wildman–Crippen LogP) is 5.49. The molecule has 1 saturated heterocycles. The van der Waals surface area contributed by atoms with Crippen molar-refractivity contribution in [3.05, 3.63) is 69.2 Å². The molecule has 2 aliphatic rings. The maximum Gasteiger partial charge on any atom is 0.227 e. The van der Waals surface area contributed by atoms with Gasteiger partial charge in [0.15, 0.2) is 0 Å². The van der Waals surface area contributed by atoms with Crippen LogP contribution in [0.1, 0.15) is 49.4 Å². The molecule has 1 atom stereocenters. The van der Waals surface area contributed by atoms with E-state index in [1.807, 2.05) is 6.07 Å². The van der Waals surface area contributed by atoms with Crippen molar-refractivity contribution in [1.29, 1.82) is 0 Å². The van der Waals surface area contributed by atoms with Gasteiger partial charge in [0, 0.05) is 18.5 Å².